The predicted octanol–water partition coefficient (Wildman–Crippen LogP) is 3.86. The summed E-state index contributed by atoms with van der Waals surface area (Å²) >= 11 is 0. The van der Waals surface area contributed by atoms with Crippen molar-refractivity contribution in [1.82, 2.24) is 15.0 Å². The van der Waals surface area contributed by atoms with Crippen molar-refractivity contribution in [3.8, 4) is 0 Å². The Balaban J connectivity index is 1.71. The van der Waals surface area contributed by atoms with Crippen LogP contribution in [0.4, 0.5) is 17.6 Å². The first kappa shape index (κ1) is 19.7. The molecule has 7 nitrogen and oxygen atoms in total. The summed E-state index contributed by atoms with van der Waals surface area (Å²) in [5.74, 6) is 2.67. The van der Waals surface area contributed by atoms with Gasteiger partial charge in [0, 0.05) is 24.9 Å². The van der Waals surface area contributed by atoms with Gasteiger partial charge in [0.25, 0.3) is 0 Å². The van der Waals surface area contributed by atoms with Crippen LogP contribution in [-0.4, -0.2) is 33.1 Å². The minimum absolute atomic E-state index is 0.267. The van der Waals surface area contributed by atoms with Gasteiger partial charge < -0.3 is 10.6 Å². The van der Waals surface area contributed by atoms with Crippen LogP contribution in [0.15, 0.2) is 40.9 Å². The van der Waals surface area contributed by atoms with Gasteiger partial charge in [-0.1, -0.05) is 26.0 Å². The van der Waals surface area contributed by atoms with E-state index in [9.17, 15) is 4.79 Å². The molecule has 0 unspecified atom stereocenters. The maximum absolute atomic E-state index is 11.8. The molecule has 0 saturated carbocycles. The zero-order valence-electron chi connectivity index (χ0n) is 16.6. The summed E-state index contributed by atoms with van der Waals surface area (Å²) in [6.07, 6.45) is 4.67. The number of carbonyl (C=O) groups is 1. The van der Waals surface area contributed by atoms with Gasteiger partial charge in [0.2, 0.25) is 11.9 Å². The Labute approximate surface area is 165 Å². The smallest absolute Gasteiger partial charge is 0.233 e. The van der Waals surface area contributed by atoms with Gasteiger partial charge in [0.05, 0.1) is 6.54 Å². The quantitative estimate of drug-likeness (QED) is 0.725. The van der Waals surface area contributed by atoms with Crippen LogP contribution in [0.25, 0.3) is 0 Å². The second kappa shape index (κ2) is 9.21. The van der Waals surface area contributed by atoms with Crippen LogP contribution >= 0.6 is 0 Å². The third-order valence-corrected chi connectivity index (χ3v) is 4.26. The molecule has 1 aromatic heterocycles. The van der Waals surface area contributed by atoms with E-state index < -0.39 is 0 Å². The lowest BCUT2D eigenvalue weighted by atomic mass is 10.1. The second-order valence-corrected chi connectivity index (χ2v) is 6.86. The van der Waals surface area contributed by atoms with Crippen molar-refractivity contribution in [2.75, 3.05) is 17.2 Å². The largest absolute Gasteiger partial charge is 0.324 e. The highest BCUT2D eigenvalue weighted by atomic mass is 16.1. The summed E-state index contributed by atoms with van der Waals surface area (Å²) in [7, 11) is 0. The highest BCUT2D eigenvalue weighted by Crippen LogP contribution is 2.17. The lowest BCUT2D eigenvalue weighted by molar-refractivity contribution is -0.118. The number of nitrogens with zero attached hydrogens (tertiary/aromatic N) is 4. The van der Waals surface area contributed by atoms with Crippen molar-refractivity contribution in [2.24, 2.45) is 4.99 Å². The van der Waals surface area contributed by atoms with Crippen molar-refractivity contribution in [3.05, 3.63) is 47.3 Å². The van der Waals surface area contributed by atoms with Crippen molar-refractivity contribution >= 4 is 29.2 Å². The topological polar surface area (TPSA) is 92.2 Å². The van der Waals surface area contributed by atoms with E-state index in [1.807, 2.05) is 51.1 Å². The van der Waals surface area contributed by atoms with E-state index >= 15 is 0 Å². The van der Waals surface area contributed by atoms with Crippen molar-refractivity contribution in [3.63, 3.8) is 0 Å². The average Bonchev–Trinajstić information content (AvgIpc) is 3.08. The lowest BCUT2D eigenvalue weighted by Gasteiger charge is -2.10. The van der Waals surface area contributed by atoms with Crippen molar-refractivity contribution < 1.29 is 4.79 Å². The number of anilines is 3. The van der Waals surface area contributed by atoms with E-state index in [1.165, 1.54) is 5.57 Å². The van der Waals surface area contributed by atoms with Gasteiger partial charge in [-0.25, -0.2) is 0 Å². The molecule has 2 aromatic rings. The summed E-state index contributed by atoms with van der Waals surface area (Å²) in [6, 6.07) is 7.78. The number of benzene rings is 1. The number of amidine groups is 1. The van der Waals surface area contributed by atoms with Crippen LogP contribution in [0.1, 0.15) is 45.0 Å². The van der Waals surface area contributed by atoms with Gasteiger partial charge in [-0.3, -0.25) is 9.79 Å². The van der Waals surface area contributed by atoms with Crippen LogP contribution < -0.4 is 10.6 Å². The number of hydrogen-bond acceptors (Lipinski definition) is 7. The number of aliphatic imine (C=N–C) groups is 1. The Hall–Kier alpha value is -3.09. The number of hydrogen-bond donors (Lipinski definition) is 2. The normalized spacial score (nSPS) is 13.1. The summed E-state index contributed by atoms with van der Waals surface area (Å²) < 4.78 is 0. The van der Waals surface area contributed by atoms with Gasteiger partial charge in [0.15, 0.2) is 0 Å². The fraction of sp³-hybridized carbons (Fsp3) is 0.381. The molecule has 3 rings (SSSR count). The maximum Gasteiger partial charge on any atom is 0.233 e. The van der Waals surface area contributed by atoms with E-state index in [-0.39, 0.29) is 5.78 Å². The van der Waals surface area contributed by atoms with Gasteiger partial charge in [-0.05, 0) is 42.7 Å². The van der Waals surface area contributed by atoms with Gasteiger partial charge in [-0.2, -0.15) is 15.0 Å². The summed E-state index contributed by atoms with van der Waals surface area (Å²) in [4.78, 5) is 29.5. The SMILES string of the molecule is CCCC(=O)Cc1ccc(Nc2nc(CC)nc(NC3=NCC(C)=C3)n2)cc1. The van der Waals surface area contributed by atoms with E-state index in [0.717, 1.165) is 23.5 Å². The molecule has 1 aliphatic rings. The molecule has 1 aromatic carbocycles. The Morgan fingerprint density at radius 2 is 1.75 bits per heavy atom. The van der Waals surface area contributed by atoms with Crippen LogP contribution in [0.2, 0.25) is 0 Å². The van der Waals surface area contributed by atoms with Crippen molar-refractivity contribution in [1.29, 1.82) is 0 Å². The molecule has 0 atom stereocenters. The van der Waals surface area contributed by atoms with Crippen LogP contribution in [0.3, 0.4) is 0 Å². The molecule has 146 valence electrons. The zero-order valence-corrected chi connectivity index (χ0v) is 16.6. The second-order valence-electron chi connectivity index (χ2n) is 6.86. The number of carbonyl (C=O) groups excluding carboxylic acids is 1. The molecule has 0 fully saturated rings. The number of nitrogens with one attached hydrogen (secondary N) is 2. The molecular formula is C21H26N6O. The molecule has 0 amide bonds. The van der Waals surface area contributed by atoms with Crippen molar-refractivity contribution in [2.45, 2.75) is 46.5 Å². The van der Waals surface area contributed by atoms with E-state index in [1.54, 1.807) is 0 Å². The van der Waals surface area contributed by atoms with Crippen LogP contribution in [0, 0.1) is 0 Å². The Morgan fingerprint density at radius 3 is 2.36 bits per heavy atom. The molecule has 28 heavy (non-hydrogen) atoms. The van der Waals surface area contributed by atoms with Crippen LogP contribution in [0.5, 0.6) is 0 Å². The third-order valence-electron chi connectivity index (χ3n) is 4.26. The monoisotopic (exact) mass is 378 g/mol. The number of Topliss-reactive ketones (excluding diaryl/α,β-unsaturated/α-hetero) is 1. The molecule has 0 spiro atoms. The summed E-state index contributed by atoms with van der Waals surface area (Å²) in [5.41, 5.74) is 3.07. The molecular weight excluding hydrogens is 352 g/mol. The number of ketones is 1. The first-order chi connectivity index (χ1) is 13.6. The third kappa shape index (κ3) is 5.45. The molecule has 0 aliphatic carbocycles. The number of aromatic nitrogens is 3. The predicted molar refractivity (Wildman–Crippen MR) is 112 cm³/mol. The standard InChI is InChI=1S/C21H26N6O/c1-4-6-17(28)12-15-7-9-16(10-8-15)23-20-24-18(5-2)25-21(27-20)26-19-11-14(3)13-22-19/h7-11H,4-6,12-13H2,1-3H3,(H2,22,23,24,25,26,27). The molecule has 2 heterocycles. The molecule has 0 radical (unpaired) electrons. The highest BCUT2D eigenvalue weighted by molar-refractivity contribution is 6.04. The van der Waals surface area contributed by atoms with Gasteiger partial charge in [0.1, 0.15) is 17.4 Å². The Kier molecular flexibility index (Phi) is 6.47. The fourth-order valence-corrected chi connectivity index (χ4v) is 2.84. The first-order valence-electron chi connectivity index (χ1n) is 9.67. The molecule has 1 aliphatic heterocycles. The minimum Gasteiger partial charge on any atom is -0.324 e. The first-order valence-corrected chi connectivity index (χ1v) is 9.67. The van der Waals surface area contributed by atoms with E-state index in [0.29, 0.717) is 43.5 Å². The Bertz CT molecular complexity index is 902. The average molecular weight is 378 g/mol. The maximum atomic E-state index is 11.8. The molecule has 2 N–H and O–H groups in total. The Morgan fingerprint density at radius 1 is 1.04 bits per heavy atom. The summed E-state index contributed by atoms with van der Waals surface area (Å²) in [5, 5.41) is 6.36. The fourth-order valence-electron chi connectivity index (χ4n) is 2.84. The summed E-state index contributed by atoms with van der Waals surface area (Å²) in [6.45, 7) is 6.76. The van der Waals surface area contributed by atoms with E-state index in [2.05, 4.69) is 30.6 Å². The zero-order chi connectivity index (χ0) is 19.9. The molecule has 0 bridgehead atoms. The molecule has 0 saturated heterocycles. The van der Waals surface area contributed by atoms with E-state index in [4.69, 9.17) is 0 Å². The van der Waals surface area contributed by atoms with Gasteiger partial charge in [-0.15, -0.1) is 0 Å². The lowest BCUT2D eigenvalue weighted by Crippen LogP contribution is -2.13. The van der Waals surface area contributed by atoms with Crippen LogP contribution in [-0.2, 0) is 17.6 Å². The number of rotatable bonds is 8. The highest BCUT2D eigenvalue weighted by Gasteiger charge is 2.10. The number of aryl methyl sites for hydroxylation is 1. The molecule has 7 heteroatoms. The minimum atomic E-state index is 0.267. The van der Waals surface area contributed by atoms with Gasteiger partial charge >= 0.3 is 0 Å².